The van der Waals surface area contributed by atoms with Crippen molar-refractivity contribution in [2.75, 3.05) is 25.9 Å². The Morgan fingerprint density at radius 1 is 1.35 bits per heavy atom. The van der Waals surface area contributed by atoms with E-state index >= 15 is 0 Å². The maximum absolute atomic E-state index is 12.4. The predicted octanol–water partition coefficient (Wildman–Crippen LogP) is -0.0667. The highest BCUT2D eigenvalue weighted by Gasteiger charge is 2.37. The van der Waals surface area contributed by atoms with E-state index in [-0.39, 0.29) is 30.3 Å². The normalized spacial score (nSPS) is 30.3. The van der Waals surface area contributed by atoms with Crippen LogP contribution in [0.1, 0.15) is 25.7 Å². The van der Waals surface area contributed by atoms with E-state index in [0.717, 1.165) is 25.5 Å². The number of carbonyl (C=O) groups is 1. The summed E-state index contributed by atoms with van der Waals surface area (Å²) in [5, 5.41) is 0. The van der Waals surface area contributed by atoms with Gasteiger partial charge in [0.15, 0.2) is 0 Å². The zero-order chi connectivity index (χ0) is 14.0. The van der Waals surface area contributed by atoms with Crippen LogP contribution in [-0.4, -0.2) is 51.2 Å². The quantitative estimate of drug-likeness (QED) is 0.757. The molecule has 0 spiro atoms. The number of nitrogens with one attached hydrogen (secondary N) is 1. The van der Waals surface area contributed by atoms with Crippen molar-refractivity contribution in [3.63, 3.8) is 0 Å². The minimum absolute atomic E-state index is 0. The Labute approximate surface area is 126 Å². The molecule has 0 aromatic heterocycles. The Bertz CT molecular complexity index is 443. The fourth-order valence-corrected chi connectivity index (χ4v) is 4.04. The molecule has 1 heterocycles. The summed E-state index contributed by atoms with van der Waals surface area (Å²) in [6.07, 6.45) is 4.86. The lowest BCUT2D eigenvalue weighted by molar-refractivity contribution is -0.135. The van der Waals surface area contributed by atoms with Crippen LogP contribution in [0.25, 0.3) is 0 Å². The summed E-state index contributed by atoms with van der Waals surface area (Å²) in [7, 11) is -3.20. The second kappa shape index (κ2) is 7.06. The average Bonchev–Trinajstić information content (AvgIpc) is 2.93. The van der Waals surface area contributed by atoms with Gasteiger partial charge < -0.3 is 10.6 Å². The molecule has 6 nitrogen and oxygen atoms in total. The van der Waals surface area contributed by atoms with Crippen LogP contribution in [0.3, 0.4) is 0 Å². The number of carbonyl (C=O) groups excluding carboxylic acids is 1. The van der Waals surface area contributed by atoms with E-state index in [9.17, 15) is 13.2 Å². The molecular formula is C12H24ClN3O3S. The predicted molar refractivity (Wildman–Crippen MR) is 80.1 cm³/mol. The molecule has 2 rings (SSSR count). The van der Waals surface area contributed by atoms with Gasteiger partial charge in [0.25, 0.3) is 0 Å². The fourth-order valence-electron chi connectivity index (χ4n) is 3.24. The van der Waals surface area contributed by atoms with Crippen molar-refractivity contribution in [3.05, 3.63) is 0 Å². The first kappa shape index (κ1) is 17.7. The standard InChI is InChI=1S/C12H23N3O3S.ClH/c1-19(17,18)14-10-5-6-15(8-10)12(16)11-4-2-3-9(11)7-13;/h9-11,14H,2-8,13H2,1H3;1H/t9-,10?,11-;/m1./s1. The van der Waals surface area contributed by atoms with Crippen molar-refractivity contribution in [1.82, 2.24) is 9.62 Å². The highest BCUT2D eigenvalue weighted by molar-refractivity contribution is 7.88. The maximum atomic E-state index is 12.4. The van der Waals surface area contributed by atoms with Crippen molar-refractivity contribution in [3.8, 4) is 0 Å². The third kappa shape index (κ3) is 4.31. The molecule has 1 unspecified atom stereocenters. The lowest BCUT2D eigenvalue weighted by Crippen LogP contribution is -2.41. The molecule has 1 saturated heterocycles. The van der Waals surface area contributed by atoms with Gasteiger partial charge in [-0.1, -0.05) is 6.42 Å². The van der Waals surface area contributed by atoms with E-state index < -0.39 is 10.0 Å². The van der Waals surface area contributed by atoms with Crippen molar-refractivity contribution in [1.29, 1.82) is 0 Å². The van der Waals surface area contributed by atoms with Gasteiger partial charge >= 0.3 is 0 Å². The van der Waals surface area contributed by atoms with Crippen molar-refractivity contribution in [2.24, 2.45) is 17.6 Å². The summed E-state index contributed by atoms with van der Waals surface area (Å²) >= 11 is 0. The smallest absolute Gasteiger partial charge is 0.226 e. The van der Waals surface area contributed by atoms with Gasteiger partial charge in [-0.05, 0) is 31.7 Å². The van der Waals surface area contributed by atoms with E-state index in [2.05, 4.69) is 4.72 Å². The molecule has 8 heteroatoms. The maximum Gasteiger partial charge on any atom is 0.226 e. The third-order valence-corrected chi connectivity index (χ3v) is 4.92. The summed E-state index contributed by atoms with van der Waals surface area (Å²) in [6.45, 7) is 1.69. The van der Waals surface area contributed by atoms with Crippen molar-refractivity contribution in [2.45, 2.75) is 31.7 Å². The number of hydrogen-bond acceptors (Lipinski definition) is 4. The van der Waals surface area contributed by atoms with Crippen LogP contribution in [0, 0.1) is 11.8 Å². The molecule has 0 aromatic carbocycles. The number of nitrogens with two attached hydrogens (primary N) is 1. The van der Waals surface area contributed by atoms with Crippen LogP contribution in [0.2, 0.25) is 0 Å². The molecule has 2 fully saturated rings. The highest BCUT2D eigenvalue weighted by Crippen LogP contribution is 2.33. The first-order valence-electron chi connectivity index (χ1n) is 6.87. The lowest BCUT2D eigenvalue weighted by Gasteiger charge is -2.24. The zero-order valence-electron chi connectivity index (χ0n) is 11.7. The second-order valence-corrected chi connectivity index (χ2v) is 7.47. The van der Waals surface area contributed by atoms with Crippen LogP contribution in [0.4, 0.5) is 0 Å². The number of hydrogen-bond donors (Lipinski definition) is 2. The second-order valence-electron chi connectivity index (χ2n) is 5.69. The largest absolute Gasteiger partial charge is 0.341 e. The van der Waals surface area contributed by atoms with Crippen LogP contribution in [0.5, 0.6) is 0 Å². The van der Waals surface area contributed by atoms with Gasteiger partial charge in [-0.15, -0.1) is 12.4 Å². The molecule has 118 valence electrons. The molecule has 1 saturated carbocycles. The Hall–Kier alpha value is -0.370. The molecule has 0 radical (unpaired) electrons. The van der Waals surface area contributed by atoms with E-state index in [1.165, 1.54) is 0 Å². The third-order valence-electron chi connectivity index (χ3n) is 4.16. The molecule has 1 aliphatic carbocycles. The molecule has 3 atom stereocenters. The van der Waals surface area contributed by atoms with Crippen LogP contribution < -0.4 is 10.5 Å². The number of sulfonamides is 1. The molecule has 0 aromatic rings. The van der Waals surface area contributed by atoms with Gasteiger partial charge in [0.2, 0.25) is 15.9 Å². The van der Waals surface area contributed by atoms with Crippen LogP contribution in [-0.2, 0) is 14.8 Å². The van der Waals surface area contributed by atoms with Crippen molar-refractivity contribution < 1.29 is 13.2 Å². The average molecular weight is 326 g/mol. The molecule has 3 N–H and O–H groups in total. The fraction of sp³-hybridized carbons (Fsp3) is 0.917. The Kier molecular flexibility index (Phi) is 6.25. The summed E-state index contributed by atoms with van der Waals surface area (Å²) in [6, 6.07) is -0.142. The topological polar surface area (TPSA) is 92.5 Å². The van der Waals surface area contributed by atoms with Gasteiger partial charge in [0.1, 0.15) is 0 Å². The zero-order valence-corrected chi connectivity index (χ0v) is 13.4. The molecule has 0 bridgehead atoms. The summed E-state index contributed by atoms with van der Waals surface area (Å²) in [5.41, 5.74) is 5.71. The summed E-state index contributed by atoms with van der Waals surface area (Å²) < 4.78 is 24.9. The number of likely N-dealkylation sites (tertiary alicyclic amines) is 1. The van der Waals surface area contributed by atoms with E-state index in [4.69, 9.17) is 5.73 Å². The molecule has 20 heavy (non-hydrogen) atoms. The minimum Gasteiger partial charge on any atom is -0.341 e. The van der Waals surface area contributed by atoms with E-state index in [0.29, 0.717) is 32.0 Å². The Morgan fingerprint density at radius 3 is 2.65 bits per heavy atom. The summed E-state index contributed by atoms with van der Waals surface area (Å²) in [4.78, 5) is 14.2. The van der Waals surface area contributed by atoms with Crippen LogP contribution >= 0.6 is 12.4 Å². The van der Waals surface area contributed by atoms with Gasteiger partial charge in [0, 0.05) is 25.0 Å². The Balaban J connectivity index is 0.00000200. The number of nitrogens with zero attached hydrogens (tertiary/aromatic N) is 1. The SMILES string of the molecule is CS(=O)(=O)NC1CCN(C(=O)[C@@H]2CCC[C@@H]2CN)C1.Cl. The number of amides is 1. The molecule has 1 aliphatic heterocycles. The van der Waals surface area contributed by atoms with Gasteiger partial charge in [-0.2, -0.15) is 0 Å². The number of rotatable bonds is 4. The lowest BCUT2D eigenvalue weighted by atomic mass is 9.95. The van der Waals surface area contributed by atoms with E-state index in [1.54, 1.807) is 4.90 Å². The van der Waals surface area contributed by atoms with Crippen molar-refractivity contribution >= 4 is 28.3 Å². The summed E-state index contributed by atoms with van der Waals surface area (Å²) in [5.74, 6) is 0.502. The van der Waals surface area contributed by atoms with Gasteiger partial charge in [-0.25, -0.2) is 13.1 Å². The van der Waals surface area contributed by atoms with Gasteiger partial charge in [-0.3, -0.25) is 4.79 Å². The first-order valence-corrected chi connectivity index (χ1v) is 8.76. The highest BCUT2D eigenvalue weighted by atomic mass is 35.5. The van der Waals surface area contributed by atoms with Crippen LogP contribution in [0.15, 0.2) is 0 Å². The minimum atomic E-state index is -3.20. The molecule has 2 aliphatic rings. The van der Waals surface area contributed by atoms with Gasteiger partial charge in [0.05, 0.1) is 6.26 Å². The molecular weight excluding hydrogens is 302 g/mol. The number of halogens is 1. The first-order chi connectivity index (χ1) is 8.90. The monoisotopic (exact) mass is 325 g/mol. The van der Waals surface area contributed by atoms with E-state index in [1.807, 2.05) is 0 Å². The Morgan fingerprint density at radius 2 is 2.05 bits per heavy atom. The molecule has 1 amide bonds.